The van der Waals surface area contributed by atoms with E-state index in [1.165, 1.54) is 37.1 Å². The molecule has 1 aliphatic carbocycles. The van der Waals surface area contributed by atoms with Crippen LogP contribution in [0.2, 0.25) is 0 Å². The number of hydrogen-bond donors (Lipinski definition) is 1. The first kappa shape index (κ1) is 14.0. The Bertz CT molecular complexity index is 629. The summed E-state index contributed by atoms with van der Waals surface area (Å²) in [7, 11) is 0. The van der Waals surface area contributed by atoms with Crippen LogP contribution in [0.25, 0.3) is 0 Å². The highest BCUT2D eigenvalue weighted by Gasteiger charge is 2.30. The lowest BCUT2D eigenvalue weighted by Crippen LogP contribution is -2.23. The van der Waals surface area contributed by atoms with E-state index in [0.717, 1.165) is 49.1 Å². The van der Waals surface area contributed by atoms with E-state index in [1.54, 1.807) is 0 Å². The lowest BCUT2D eigenvalue weighted by molar-refractivity contribution is 0.215. The number of aryl methyl sites for hydroxylation is 4. The van der Waals surface area contributed by atoms with E-state index in [4.69, 9.17) is 9.40 Å². The Morgan fingerprint density at radius 1 is 1.18 bits per heavy atom. The molecule has 0 saturated carbocycles. The second-order valence-corrected chi connectivity index (χ2v) is 6.63. The molecule has 5 nitrogen and oxygen atoms in total. The number of nitrogens with one attached hydrogen (secondary N) is 1. The Balaban J connectivity index is 1.54. The van der Waals surface area contributed by atoms with Crippen molar-refractivity contribution in [1.29, 1.82) is 0 Å². The summed E-state index contributed by atoms with van der Waals surface area (Å²) < 4.78 is 5.76. The smallest absolute Gasteiger partial charge is 0.208 e. The second kappa shape index (κ2) is 5.54. The summed E-state index contributed by atoms with van der Waals surface area (Å²) in [5.74, 6) is 2.92. The maximum absolute atomic E-state index is 5.76. The van der Waals surface area contributed by atoms with Crippen LogP contribution in [0.15, 0.2) is 4.42 Å². The zero-order valence-corrected chi connectivity index (χ0v) is 13.5. The molecule has 0 aromatic carbocycles. The molecule has 3 heterocycles. The number of H-pyrrole nitrogens is 1. The van der Waals surface area contributed by atoms with E-state index in [2.05, 4.69) is 14.9 Å². The van der Waals surface area contributed by atoms with Gasteiger partial charge in [-0.3, -0.25) is 4.90 Å². The predicted octanol–water partition coefficient (Wildman–Crippen LogP) is 3.23. The van der Waals surface area contributed by atoms with E-state index >= 15 is 0 Å². The average Bonchev–Trinajstić information content (AvgIpc) is 3.18. The highest BCUT2D eigenvalue weighted by atomic mass is 16.4. The molecule has 0 spiro atoms. The number of hydrogen-bond acceptors (Lipinski definition) is 4. The maximum Gasteiger partial charge on any atom is 0.208 e. The molecule has 1 atom stereocenters. The van der Waals surface area contributed by atoms with Gasteiger partial charge in [0.1, 0.15) is 11.6 Å². The predicted molar refractivity (Wildman–Crippen MR) is 83.6 cm³/mol. The van der Waals surface area contributed by atoms with E-state index in [0.29, 0.717) is 6.04 Å². The number of likely N-dealkylation sites (tertiary alicyclic amines) is 1. The summed E-state index contributed by atoms with van der Waals surface area (Å²) in [6, 6.07) is 0.387. The SMILES string of the molecule is Cc1nc(CN2CCCC2c2nc3c([nH]2)CCCC3)oc1C. The summed E-state index contributed by atoms with van der Waals surface area (Å²) >= 11 is 0. The summed E-state index contributed by atoms with van der Waals surface area (Å²) in [4.78, 5) is 15.5. The molecule has 0 radical (unpaired) electrons. The quantitative estimate of drug-likeness (QED) is 0.945. The molecule has 2 aromatic heterocycles. The third kappa shape index (κ3) is 2.47. The monoisotopic (exact) mass is 300 g/mol. The fourth-order valence-corrected chi connectivity index (χ4v) is 3.74. The fraction of sp³-hybridized carbons (Fsp3) is 0.647. The molecule has 1 fully saturated rings. The Hall–Kier alpha value is -1.62. The van der Waals surface area contributed by atoms with E-state index in [9.17, 15) is 0 Å². The molecule has 1 unspecified atom stereocenters. The van der Waals surface area contributed by atoms with Gasteiger partial charge >= 0.3 is 0 Å². The number of fused-ring (bicyclic) bond motifs is 1. The van der Waals surface area contributed by atoms with Gasteiger partial charge in [0.15, 0.2) is 0 Å². The van der Waals surface area contributed by atoms with Crippen molar-refractivity contribution in [3.63, 3.8) is 0 Å². The van der Waals surface area contributed by atoms with Gasteiger partial charge < -0.3 is 9.40 Å². The summed E-state index contributed by atoms with van der Waals surface area (Å²) in [6.45, 7) is 5.86. The standard InChI is InChI=1S/C17H24N4O/c1-11-12(2)22-16(18-11)10-21-9-5-8-15(21)17-19-13-6-3-4-7-14(13)20-17/h15H,3-10H2,1-2H3,(H,19,20). The summed E-state index contributed by atoms with van der Waals surface area (Å²) in [6.07, 6.45) is 7.25. The van der Waals surface area contributed by atoms with Crippen LogP contribution < -0.4 is 0 Å². The van der Waals surface area contributed by atoms with Gasteiger partial charge in [-0.2, -0.15) is 0 Å². The Labute approximate surface area is 131 Å². The van der Waals surface area contributed by atoms with Crippen LogP contribution in [0.3, 0.4) is 0 Å². The van der Waals surface area contributed by atoms with E-state index in [1.807, 2.05) is 13.8 Å². The highest BCUT2D eigenvalue weighted by Crippen LogP contribution is 2.33. The Kier molecular flexibility index (Phi) is 3.53. The van der Waals surface area contributed by atoms with Crippen molar-refractivity contribution in [2.45, 2.75) is 65.0 Å². The molecule has 5 heteroatoms. The molecule has 1 N–H and O–H groups in total. The van der Waals surface area contributed by atoms with Gasteiger partial charge in [-0.15, -0.1) is 0 Å². The van der Waals surface area contributed by atoms with Gasteiger partial charge in [0, 0.05) is 5.69 Å². The Morgan fingerprint density at radius 2 is 2.05 bits per heavy atom. The van der Waals surface area contributed by atoms with Crippen molar-refractivity contribution in [1.82, 2.24) is 19.9 Å². The average molecular weight is 300 g/mol. The fourth-order valence-electron chi connectivity index (χ4n) is 3.74. The number of aromatic amines is 1. The van der Waals surface area contributed by atoms with Crippen LogP contribution in [-0.4, -0.2) is 26.4 Å². The minimum absolute atomic E-state index is 0.387. The normalized spacial score (nSPS) is 22.2. The topological polar surface area (TPSA) is 58.0 Å². The molecule has 2 aromatic rings. The van der Waals surface area contributed by atoms with Crippen LogP contribution in [0.4, 0.5) is 0 Å². The first-order chi connectivity index (χ1) is 10.7. The van der Waals surface area contributed by atoms with Gasteiger partial charge in [-0.05, 0) is 58.9 Å². The lowest BCUT2D eigenvalue weighted by atomic mass is 10.0. The zero-order chi connectivity index (χ0) is 15.1. The molecule has 0 amide bonds. The van der Waals surface area contributed by atoms with Gasteiger partial charge in [-0.25, -0.2) is 9.97 Å². The van der Waals surface area contributed by atoms with Crippen molar-refractivity contribution in [2.75, 3.05) is 6.54 Å². The molecule has 1 saturated heterocycles. The molecular weight excluding hydrogens is 276 g/mol. The van der Waals surface area contributed by atoms with Crippen molar-refractivity contribution >= 4 is 0 Å². The molecule has 2 aliphatic rings. The maximum atomic E-state index is 5.76. The van der Waals surface area contributed by atoms with Crippen LogP contribution >= 0.6 is 0 Å². The van der Waals surface area contributed by atoms with Crippen LogP contribution in [0, 0.1) is 13.8 Å². The van der Waals surface area contributed by atoms with Crippen molar-refractivity contribution < 1.29 is 4.42 Å². The third-order valence-corrected chi connectivity index (χ3v) is 5.06. The molecular formula is C17H24N4O. The number of rotatable bonds is 3. The number of oxazole rings is 1. The minimum atomic E-state index is 0.387. The highest BCUT2D eigenvalue weighted by molar-refractivity contribution is 5.19. The van der Waals surface area contributed by atoms with Crippen molar-refractivity contribution in [3.05, 3.63) is 34.6 Å². The molecule has 22 heavy (non-hydrogen) atoms. The van der Waals surface area contributed by atoms with E-state index < -0.39 is 0 Å². The molecule has 118 valence electrons. The second-order valence-electron chi connectivity index (χ2n) is 6.63. The lowest BCUT2D eigenvalue weighted by Gasteiger charge is -2.21. The van der Waals surface area contributed by atoms with Crippen molar-refractivity contribution in [3.8, 4) is 0 Å². The molecule has 4 rings (SSSR count). The Morgan fingerprint density at radius 3 is 2.82 bits per heavy atom. The minimum Gasteiger partial charge on any atom is -0.444 e. The van der Waals surface area contributed by atoms with Crippen LogP contribution in [0.5, 0.6) is 0 Å². The summed E-state index contributed by atoms with van der Waals surface area (Å²) in [5.41, 5.74) is 3.67. The third-order valence-electron chi connectivity index (χ3n) is 5.06. The van der Waals surface area contributed by atoms with E-state index in [-0.39, 0.29) is 0 Å². The van der Waals surface area contributed by atoms with Gasteiger partial charge in [0.2, 0.25) is 5.89 Å². The van der Waals surface area contributed by atoms with Gasteiger partial charge in [0.25, 0.3) is 0 Å². The zero-order valence-electron chi connectivity index (χ0n) is 13.5. The van der Waals surface area contributed by atoms with Crippen molar-refractivity contribution in [2.24, 2.45) is 0 Å². The largest absolute Gasteiger partial charge is 0.444 e. The first-order valence-corrected chi connectivity index (χ1v) is 8.45. The van der Waals surface area contributed by atoms with Crippen LogP contribution in [-0.2, 0) is 19.4 Å². The number of aromatic nitrogens is 3. The first-order valence-electron chi connectivity index (χ1n) is 8.45. The number of imidazole rings is 1. The van der Waals surface area contributed by atoms with Gasteiger partial charge in [0.05, 0.1) is 24.0 Å². The van der Waals surface area contributed by atoms with Crippen LogP contribution in [0.1, 0.15) is 66.3 Å². The molecule has 0 bridgehead atoms. The molecule has 1 aliphatic heterocycles. The van der Waals surface area contributed by atoms with Gasteiger partial charge in [-0.1, -0.05) is 0 Å². The summed E-state index contributed by atoms with van der Waals surface area (Å²) in [5, 5.41) is 0. The number of nitrogens with zero attached hydrogens (tertiary/aromatic N) is 3.